The summed E-state index contributed by atoms with van der Waals surface area (Å²) in [7, 11) is 0. The molecule has 1 fully saturated rings. The number of ether oxygens (including phenoxy) is 1. The summed E-state index contributed by atoms with van der Waals surface area (Å²) in [6.07, 6.45) is 0.672. The molecule has 3 rings (SSSR count). The molecule has 1 unspecified atom stereocenters. The van der Waals surface area contributed by atoms with E-state index in [1.165, 1.54) is 4.90 Å². The first-order valence-corrected chi connectivity index (χ1v) is 6.51. The van der Waals surface area contributed by atoms with Crippen LogP contribution < -0.4 is 0 Å². The molecular weight excluding hydrogens is 242 g/mol. The Morgan fingerprint density at radius 2 is 1.53 bits per heavy atom. The molecule has 2 heterocycles. The predicted octanol–water partition coefficient (Wildman–Crippen LogP) is 2.24. The van der Waals surface area contributed by atoms with Crippen molar-refractivity contribution in [3.8, 4) is 0 Å². The van der Waals surface area contributed by atoms with Crippen LogP contribution in [0.2, 0.25) is 0 Å². The molecule has 1 saturated heterocycles. The lowest BCUT2D eigenvalue weighted by Gasteiger charge is -2.16. The van der Waals surface area contributed by atoms with Gasteiger partial charge in [-0.2, -0.15) is 0 Å². The van der Waals surface area contributed by atoms with E-state index in [0.717, 1.165) is 0 Å². The Hall–Kier alpha value is -1.68. The van der Waals surface area contributed by atoms with E-state index in [0.29, 0.717) is 24.1 Å². The average Bonchev–Trinajstić information content (AvgIpc) is 2.76. The molecule has 2 aliphatic rings. The molecule has 1 atom stereocenters. The van der Waals surface area contributed by atoms with Crippen molar-refractivity contribution in [3.63, 3.8) is 0 Å². The summed E-state index contributed by atoms with van der Waals surface area (Å²) in [4.78, 5) is 25.7. The van der Waals surface area contributed by atoms with Gasteiger partial charge in [0.1, 0.15) is 0 Å². The Morgan fingerprint density at radius 1 is 1.05 bits per heavy atom. The van der Waals surface area contributed by atoms with Gasteiger partial charge in [-0.05, 0) is 39.3 Å². The van der Waals surface area contributed by atoms with Crippen molar-refractivity contribution in [1.29, 1.82) is 0 Å². The summed E-state index contributed by atoms with van der Waals surface area (Å²) >= 11 is 0. The van der Waals surface area contributed by atoms with Crippen molar-refractivity contribution < 1.29 is 14.3 Å². The van der Waals surface area contributed by atoms with E-state index in [2.05, 4.69) is 0 Å². The highest BCUT2D eigenvalue weighted by molar-refractivity contribution is 6.21. The highest BCUT2D eigenvalue weighted by atomic mass is 16.6. The Bertz CT molecular complexity index is 544. The zero-order valence-electron chi connectivity index (χ0n) is 11.4. The first-order chi connectivity index (χ1) is 8.86. The van der Waals surface area contributed by atoms with Gasteiger partial charge in [0.15, 0.2) is 0 Å². The van der Waals surface area contributed by atoms with Crippen molar-refractivity contribution in [2.45, 2.75) is 38.4 Å². The molecule has 1 aromatic rings. The van der Waals surface area contributed by atoms with Crippen molar-refractivity contribution in [1.82, 2.24) is 4.90 Å². The van der Waals surface area contributed by atoms with E-state index in [-0.39, 0.29) is 23.0 Å². The monoisotopic (exact) mass is 259 g/mol. The van der Waals surface area contributed by atoms with Gasteiger partial charge in [0.2, 0.25) is 0 Å². The minimum absolute atomic E-state index is 0.161. The molecule has 0 aromatic heterocycles. The highest BCUT2D eigenvalue weighted by Crippen LogP contribution is 2.49. The molecule has 0 bridgehead atoms. The maximum absolute atomic E-state index is 12.2. The first kappa shape index (κ1) is 12.4. The minimum atomic E-state index is -0.234. The van der Waals surface area contributed by atoms with Gasteiger partial charge in [-0.3, -0.25) is 14.5 Å². The molecule has 19 heavy (non-hydrogen) atoms. The lowest BCUT2D eigenvalue weighted by molar-refractivity contribution is 0.0643. The van der Waals surface area contributed by atoms with Gasteiger partial charge in [-0.25, -0.2) is 0 Å². The normalized spacial score (nSPS) is 27.6. The number of carbonyl (C=O) groups is 2. The van der Waals surface area contributed by atoms with E-state index >= 15 is 0 Å². The van der Waals surface area contributed by atoms with Crippen LogP contribution in [0.1, 0.15) is 47.9 Å². The quantitative estimate of drug-likeness (QED) is 0.618. The molecule has 4 nitrogen and oxygen atoms in total. The van der Waals surface area contributed by atoms with Gasteiger partial charge < -0.3 is 4.74 Å². The zero-order chi connectivity index (χ0) is 13.8. The van der Waals surface area contributed by atoms with Crippen LogP contribution >= 0.6 is 0 Å². The number of epoxide rings is 1. The van der Waals surface area contributed by atoms with Gasteiger partial charge in [0.25, 0.3) is 11.8 Å². The summed E-state index contributed by atoms with van der Waals surface area (Å²) < 4.78 is 5.65. The Labute approximate surface area is 112 Å². The van der Waals surface area contributed by atoms with E-state index in [1.54, 1.807) is 24.3 Å². The smallest absolute Gasteiger partial charge is 0.261 e. The fourth-order valence-corrected chi connectivity index (χ4v) is 2.66. The topological polar surface area (TPSA) is 49.9 Å². The van der Waals surface area contributed by atoms with Crippen molar-refractivity contribution >= 4 is 11.8 Å². The highest BCUT2D eigenvalue weighted by Gasteiger charge is 2.59. The van der Waals surface area contributed by atoms with E-state index < -0.39 is 0 Å². The van der Waals surface area contributed by atoms with Gasteiger partial charge >= 0.3 is 0 Å². The standard InChI is InChI=1S/C15H17NO3/c1-14(2)15(3,19-14)8-9-16-12(17)10-6-4-5-7-11(10)13(16)18/h4-7H,8-9H2,1-3H3. The Kier molecular flexibility index (Phi) is 2.39. The lowest BCUT2D eigenvalue weighted by atomic mass is 9.94. The molecule has 0 aliphatic carbocycles. The third-order valence-corrected chi connectivity index (χ3v) is 4.40. The van der Waals surface area contributed by atoms with E-state index in [1.807, 2.05) is 20.8 Å². The number of rotatable bonds is 3. The summed E-state index contributed by atoms with van der Waals surface area (Å²) in [5, 5.41) is 0. The van der Waals surface area contributed by atoms with Crippen LogP contribution in [-0.2, 0) is 4.74 Å². The van der Waals surface area contributed by atoms with Crippen molar-refractivity contribution in [2.75, 3.05) is 6.54 Å². The minimum Gasteiger partial charge on any atom is -0.363 e. The third-order valence-electron chi connectivity index (χ3n) is 4.40. The van der Waals surface area contributed by atoms with Crippen LogP contribution in [0.4, 0.5) is 0 Å². The number of nitrogens with zero attached hydrogens (tertiary/aromatic N) is 1. The van der Waals surface area contributed by atoms with Gasteiger partial charge in [-0.1, -0.05) is 12.1 Å². The Balaban J connectivity index is 1.75. The maximum Gasteiger partial charge on any atom is 0.261 e. The van der Waals surface area contributed by atoms with Crippen LogP contribution in [0.15, 0.2) is 24.3 Å². The van der Waals surface area contributed by atoms with E-state index in [9.17, 15) is 9.59 Å². The lowest BCUT2D eigenvalue weighted by Crippen LogP contribution is -2.34. The molecule has 0 radical (unpaired) electrons. The van der Waals surface area contributed by atoms with Crippen LogP contribution in [0, 0.1) is 0 Å². The van der Waals surface area contributed by atoms with Crippen LogP contribution in [-0.4, -0.2) is 34.5 Å². The second-order valence-corrected chi connectivity index (χ2v) is 5.90. The van der Waals surface area contributed by atoms with Gasteiger partial charge in [0.05, 0.1) is 22.3 Å². The maximum atomic E-state index is 12.2. The van der Waals surface area contributed by atoms with Gasteiger partial charge in [0, 0.05) is 6.54 Å². The van der Waals surface area contributed by atoms with E-state index in [4.69, 9.17) is 4.74 Å². The number of imide groups is 1. The van der Waals surface area contributed by atoms with Gasteiger partial charge in [-0.15, -0.1) is 0 Å². The molecule has 100 valence electrons. The van der Waals surface area contributed by atoms with Crippen molar-refractivity contribution in [2.24, 2.45) is 0 Å². The second kappa shape index (κ2) is 3.67. The summed E-state index contributed by atoms with van der Waals surface area (Å²) in [6, 6.07) is 6.97. The Morgan fingerprint density at radius 3 is 1.95 bits per heavy atom. The fraction of sp³-hybridized carbons (Fsp3) is 0.467. The predicted molar refractivity (Wildman–Crippen MR) is 70.0 cm³/mol. The number of hydrogen-bond acceptors (Lipinski definition) is 3. The molecule has 0 N–H and O–H groups in total. The van der Waals surface area contributed by atoms with Crippen molar-refractivity contribution in [3.05, 3.63) is 35.4 Å². The molecule has 0 saturated carbocycles. The second-order valence-electron chi connectivity index (χ2n) is 5.90. The van der Waals surface area contributed by atoms with Crippen LogP contribution in [0.25, 0.3) is 0 Å². The SMILES string of the molecule is CC1(C)OC1(C)CCN1C(=O)c2ccccc2C1=O. The summed E-state index contributed by atoms with van der Waals surface area (Å²) in [5.74, 6) is -0.384. The summed E-state index contributed by atoms with van der Waals surface area (Å²) in [6.45, 7) is 6.47. The number of amides is 2. The average molecular weight is 259 g/mol. The molecule has 4 heteroatoms. The largest absolute Gasteiger partial charge is 0.363 e. The zero-order valence-corrected chi connectivity index (χ0v) is 11.4. The number of fused-ring (bicyclic) bond motifs is 1. The molecule has 1 aromatic carbocycles. The fourth-order valence-electron chi connectivity index (χ4n) is 2.66. The summed E-state index contributed by atoms with van der Waals surface area (Å²) in [5.41, 5.74) is 0.621. The molecule has 2 aliphatic heterocycles. The number of carbonyl (C=O) groups excluding carboxylic acids is 2. The first-order valence-electron chi connectivity index (χ1n) is 6.51. The number of benzene rings is 1. The van der Waals surface area contributed by atoms with Crippen LogP contribution in [0.5, 0.6) is 0 Å². The molecule has 0 spiro atoms. The molecule has 2 amide bonds. The van der Waals surface area contributed by atoms with Crippen LogP contribution in [0.3, 0.4) is 0 Å². The third kappa shape index (κ3) is 1.70. The molecular formula is C15H17NO3. The number of hydrogen-bond donors (Lipinski definition) is 0.